The van der Waals surface area contributed by atoms with Gasteiger partial charge in [0.15, 0.2) is 0 Å². The molecule has 0 saturated heterocycles. The lowest BCUT2D eigenvalue weighted by molar-refractivity contribution is 0.196. The van der Waals surface area contributed by atoms with Crippen molar-refractivity contribution in [3.05, 3.63) is 30.3 Å². The molecule has 0 saturated carbocycles. The fraction of sp³-hybridized carbons (Fsp3) is 0.385. The van der Waals surface area contributed by atoms with Crippen molar-refractivity contribution in [2.75, 3.05) is 32.2 Å². The van der Waals surface area contributed by atoms with Crippen LogP contribution >= 0.6 is 0 Å². The minimum absolute atomic E-state index is 0.318. The summed E-state index contributed by atoms with van der Waals surface area (Å²) in [5, 5.41) is 0.734. The number of rotatable bonds is 5. The van der Waals surface area contributed by atoms with E-state index in [1.165, 1.54) is 12.4 Å². The summed E-state index contributed by atoms with van der Waals surface area (Å²) in [6.45, 7) is 1.50. The van der Waals surface area contributed by atoms with E-state index in [-0.39, 0.29) is 5.82 Å². The van der Waals surface area contributed by atoms with Crippen LogP contribution in [0.3, 0.4) is 0 Å². The van der Waals surface area contributed by atoms with Crippen LogP contribution in [-0.4, -0.2) is 37.3 Å². The lowest BCUT2D eigenvalue weighted by Crippen LogP contribution is -2.21. The van der Waals surface area contributed by atoms with Crippen LogP contribution in [-0.2, 0) is 4.74 Å². The highest BCUT2D eigenvalue weighted by atomic mass is 19.1. The molecule has 0 aliphatic rings. The van der Waals surface area contributed by atoms with Crippen LogP contribution in [0.5, 0.6) is 0 Å². The Morgan fingerprint density at radius 1 is 1.33 bits per heavy atom. The van der Waals surface area contributed by atoms with Crippen molar-refractivity contribution in [2.45, 2.75) is 6.42 Å². The van der Waals surface area contributed by atoms with Gasteiger partial charge in [-0.15, -0.1) is 0 Å². The Hall–Kier alpha value is -1.75. The number of methoxy groups -OCH3 is 1. The number of ether oxygens (including phenoxy) is 1. The molecule has 2 rings (SSSR count). The van der Waals surface area contributed by atoms with Crippen LogP contribution in [0.1, 0.15) is 6.42 Å². The fourth-order valence-electron chi connectivity index (χ4n) is 1.89. The fourth-order valence-corrected chi connectivity index (χ4v) is 1.89. The molecule has 0 fully saturated rings. The van der Waals surface area contributed by atoms with Crippen LogP contribution in [0, 0.1) is 5.82 Å². The van der Waals surface area contributed by atoms with E-state index < -0.39 is 0 Å². The van der Waals surface area contributed by atoms with Crippen molar-refractivity contribution in [2.24, 2.45) is 0 Å². The summed E-state index contributed by atoms with van der Waals surface area (Å²) in [6.07, 6.45) is 2.29. The van der Waals surface area contributed by atoms with Gasteiger partial charge in [-0.3, -0.25) is 0 Å². The van der Waals surface area contributed by atoms with Gasteiger partial charge in [0.1, 0.15) is 23.5 Å². The maximum atomic E-state index is 13.6. The maximum Gasteiger partial charge on any atom is 0.149 e. The maximum absolute atomic E-state index is 13.6. The number of nitrogens with zero attached hydrogens (tertiary/aromatic N) is 3. The molecule has 0 aliphatic heterocycles. The summed E-state index contributed by atoms with van der Waals surface area (Å²) < 4.78 is 18.6. The van der Waals surface area contributed by atoms with Crippen LogP contribution in [0.15, 0.2) is 24.5 Å². The van der Waals surface area contributed by atoms with Crippen LogP contribution < -0.4 is 4.90 Å². The predicted octanol–water partition coefficient (Wildman–Crippen LogP) is 2.24. The van der Waals surface area contributed by atoms with Gasteiger partial charge in [0.05, 0.1) is 0 Å². The average Bonchev–Trinajstić information content (AvgIpc) is 2.39. The number of benzene rings is 1. The monoisotopic (exact) mass is 249 g/mol. The van der Waals surface area contributed by atoms with E-state index in [1.807, 2.05) is 18.0 Å². The highest BCUT2D eigenvalue weighted by Crippen LogP contribution is 2.23. The Morgan fingerprint density at radius 3 is 2.94 bits per heavy atom. The SMILES string of the molecule is COCCCN(C)c1ncnc2c(F)cccc12. The molecule has 0 unspecified atom stereocenters. The molecule has 18 heavy (non-hydrogen) atoms. The number of fused-ring (bicyclic) bond motifs is 1. The van der Waals surface area contributed by atoms with Crippen LogP contribution in [0.4, 0.5) is 10.2 Å². The first kappa shape index (κ1) is 12.7. The smallest absolute Gasteiger partial charge is 0.149 e. The molecule has 1 heterocycles. The third kappa shape index (κ3) is 2.56. The standard InChI is InChI=1S/C13H16FN3O/c1-17(7-4-8-18-2)13-10-5-3-6-11(14)12(10)15-9-16-13/h3,5-6,9H,4,7-8H2,1-2H3. The normalized spacial score (nSPS) is 10.8. The summed E-state index contributed by atoms with van der Waals surface area (Å²) in [5.74, 6) is 0.428. The van der Waals surface area contributed by atoms with Gasteiger partial charge in [0.2, 0.25) is 0 Å². The lowest BCUT2D eigenvalue weighted by atomic mass is 10.2. The quantitative estimate of drug-likeness (QED) is 0.762. The molecule has 0 bridgehead atoms. The molecule has 4 nitrogen and oxygen atoms in total. The first-order valence-corrected chi connectivity index (χ1v) is 5.83. The Balaban J connectivity index is 2.30. The zero-order valence-corrected chi connectivity index (χ0v) is 10.6. The van der Waals surface area contributed by atoms with Crippen molar-refractivity contribution in [3.8, 4) is 0 Å². The molecular weight excluding hydrogens is 233 g/mol. The van der Waals surface area contributed by atoms with Gasteiger partial charge in [-0.25, -0.2) is 14.4 Å². The van der Waals surface area contributed by atoms with Crippen molar-refractivity contribution < 1.29 is 9.13 Å². The Bertz CT molecular complexity index is 533. The highest BCUT2D eigenvalue weighted by molar-refractivity contribution is 5.89. The number of hydrogen-bond acceptors (Lipinski definition) is 4. The first-order chi connectivity index (χ1) is 8.74. The molecule has 1 aromatic heterocycles. The molecule has 2 aromatic rings. The number of anilines is 1. The molecule has 5 heteroatoms. The van der Waals surface area contributed by atoms with Gasteiger partial charge >= 0.3 is 0 Å². The Kier molecular flexibility index (Phi) is 4.04. The first-order valence-electron chi connectivity index (χ1n) is 5.83. The van der Waals surface area contributed by atoms with Gasteiger partial charge in [0.25, 0.3) is 0 Å². The van der Waals surface area contributed by atoms with E-state index >= 15 is 0 Å². The van der Waals surface area contributed by atoms with Gasteiger partial charge < -0.3 is 9.64 Å². The second kappa shape index (κ2) is 5.73. The van der Waals surface area contributed by atoms with Crippen molar-refractivity contribution in [1.29, 1.82) is 0 Å². The number of hydrogen-bond donors (Lipinski definition) is 0. The summed E-state index contributed by atoms with van der Waals surface area (Å²) in [4.78, 5) is 10.2. The summed E-state index contributed by atoms with van der Waals surface area (Å²) in [6, 6.07) is 4.91. The molecule has 96 valence electrons. The molecule has 0 N–H and O–H groups in total. The third-order valence-electron chi connectivity index (χ3n) is 2.80. The minimum atomic E-state index is -0.318. The van der Waals surface area contributed by atoms with E-state index in [2.05, 4.69) is 9.97 Å². The van der Waals surface area contributed by atoms with Crippen LogP contribution in [0.25, 0.3) is 10.9 Å². The average molecular weight is 249 g/mol. The second-order valence-corrected chi connectivity index (χ2v) is 4.10. The molecule has 0 aliphatic carbocycles. The molecule has 0 radical (unpaired) electrons. The van der Waals surface area contributed by atoms with Gasteiger partial charge in [-0.2, -0.15) is 0 Å². The molecule has 0 atom stereocenters. The summed E-state index contributed by atoms with van der Waals surface area (Å²) >= 11 is 0. The Morgan fingerprint density at radius 2 is 2.17 bits per heavy atom. The molecule has 1 aromatic carbocycles. The van der Waals surface area contributed by atoms with E-state index in [1.54, 1.807) is 13.2 Å². The number of halogens is 1. The summed E-state index contributed by atoms with van der Waals surface area (Å²) in [5.41, 5.74) is 0.362. The predicted molar refractivity (Wildman–Crippen MR) is 69.3 cm³/mol. The van der Waals surface area contributed by atoms with E-state index in [4.69, 9.17) is 4.74 Å². The van der Waals surface area contributed by atoms with E-state index in [9.17, 15) is 4.39 Å². The lowest BCUT2D eigenvalue weighted by Gasteiger charge is -2.19. The van der Waals surface area contributed by atoms with Crippen molar-refractivity contribution in [3.63, 3.8) is 0 Å². The zero-order chi connectivity index (χ0) is 13.0. The minimum Gasteiger partial charge on any atom is -0.385 e. The van der Waals surface area contributed by atoms with E-state index in [0.717, 1.165) is 24.2 Å². The van der Waals surface area contributed by atoms with Crippen molar-refractivity contribution >= 4 is 16.7 Å². The number of para-hydroxylation sites is 1. The molecular formula is C13H16FN3O. The van der Waals surface area contributed by atoms with Gasteiger partial charge in [-0.1, -0.05) is 6.07 Å². The zero-order valence-electron chi connectivity index (χ0n) is 10.6. The summed E-state index contributed by atoms with van der Waals surface area (Å²) in [7, 11) is 3.61. The van der Waals surface area contributed by atoms with Gasteiger partial charge in [0, 0.05) is 32.7 Å². The number of aromatic nitrogens is 2. The molecule has 0 spiro atoms. The van der Waals surface area contributed by atoms with Crippen molar-refractivity contribution in [1.82, 2.24) is 9.97 Å². The topological polar surface area (TPSA) is 38.2 Å². The third-order valence-corrected chi connectivity index (χ3v) is 2.80. The van der Waals surface area contributed by atoms with Crippen LogP contribution in [0.2, 0.25) is 0 Å². The van der Waals surface area contributed by atoms with E-state index in [0.29, 0.717) is 12.1 Å². The highest BCUT2D eigenvalue weighted by Gasteiger charge is 2.10. The Labute approximate surface area is 105 Å². The largest absolute Gasteiger partial charge is 0.385 e. The van der Waals surface area contributed by atoms with Gasteiger partial charge in [-0.05, 0) is 18.6 Å². The second-order valence-electron chi connectivity index (χ2n) is 4.10. The molecule has 0 amide bonds.